The number of hydrogen-bond donors (Lipinski definition) is 2. The Morgan fingerprint density at radius 3 is 2.91 bits per heavy atom. The van der Waals surface area contributed by atoms with Gasteiger partial charge in [0.1, 0.15) is 0 Å². The Balaban J connectivity index is 1.75. The van der Waals surface area contributed by atoms with Gasteiger partial charge in [0.15, 0.2) is 0 Å². The molecule has 1 aliphatic heterocycles. The van der Waals surface area contributed by atoms with E-state index in [1.165, 1.54) is 0 Å². The van der Waals surface area contributed by atoms with Crippen molar-refractivity contribution in [2.75, 3.05) is 25.9 Å². The Bertz CT molecular complexity index is 588. The van der Waals surface area contributed by atoms with Crippen LogP contribution in [0.25, 0.3) is 0 Å². The van der Waals surface area contributed by atoms with Crippen LogP contribution in [-0.2, 0) is 16.6 Å². The first-order valence-corrected chi connectivity index (χ1v) is 9.81. The second-order valence-corrected chi connectivity index (χ2v) is 7.65. The lowest BCUT2D eigenvalue weighted by Crippen LogP contribution is -2.52. The maximum atomic E-state index is 12.3. The van der Waals surface area contributed by atoms with Gasteiger partial charge in [0.2, 0.25) is 10.0 Å². The average Bonchev–Trinajstić information content (AvgIpc) is 3.02. The van der Waals surface area contributed by atoms with Crippen molar-refractivity contribution in [1.82, 2.24) is 24.7 Å². The molecular formula is C14H25N5O3S. The first-order valence-electron chi connectivity index (χ1n) is 7.92. The van der Waals surface area contributed by atoms with Crippen LogP contribution in [0.2, 0.25) is 0 Å². The van der Waals surface area contributed by atoms with Crippen LogP contribution < -0.4 is 10.0 Å². The van der Waals surface area contributed by atoms with Gasteiger partial charge >= 0.3 is 6.03 Å². The summed E-state index contributed by atoms with van der Waals surface area (Å²) in [6, 6.07) is 1.67. The summed E-state index contributed by atoms with van der Waals surface area (Å²) in [5.74, 6) is 0. The molecule has 2 amide bonds. The predicted molar refractivity (Wildman–Crippen MR) is 87.4 cm³/mol. The fraction of sp³-hybridized carbons (Fsp3) is 0.714. The maximum Gasteiger partial charge on any atom is 0.317 e. The second kappa shape index (κ2) is 8.30. The summed E-state index contributed by atoms with van der Waals surface area (Å²) < 4.78 is 26.8. The van der Waals surface area contributed by atoms with Crippen LogP contribution >= 0.6 is 0 Å². The van der Waals surface area contributed by atoms with E-state index in [1.807, 2.05) is 16.9 Å². The van der Waals surface area contributed by atoms with Crippen LogP contribution in [0.1, 0.15) is 25.7 Å². The Hall–Kier alpha value is -1.61. The highest BCUT2D eigenvalue weighted by atomic mass is 32.2. The highest BCUT2D eigenvalue weighted by Crippen LogP contribution is 2.16. The topological polar surface area (TPSA) is 96.3 Å². The minimum absolute atomic E-state index is 0.0791. The molecule has 0 unspecified atom stereocenters. The second-order valence-electron chi connectivity index (χ2n) is 5.82. The van der Waals surface area contributed by atoms with Crippen molar-refractivity contribution in [3.05, 3.63) is 18.5 Å². The Kier molecular flexibility index (Phi) is 6.40. The van der Waals surface area contributed by atoms with Crippen molar-refractivity contribution in [2.45, 2.75) is 38.3 Å². The fourth-order valence-corrected chi connectivity index (χ4v) is 3.19. The molecule has 1 atom stereocenters. The smallest absolute Gasteiger partial charge is 0.317 e. The van der Waals surface area contributed by atoms with E-state index in [0.29, 0.717) is 13.1 Å². The van der Waals surface area contributed by atoms with Crippen molar-refractivity contribution in [3.8, 4) is 0 Å². The number of hydrogen-bond acceptors (Lipinski definition) is 4. The number of nitrogens with zero attached hydrogens (tertiary/aromatic N) is 3. The highest BCUT2D eigenvalue weighted by molar-refractivity contribution is 7.88. The molecule has 23 heavy (non-hydrogen) atoms. The molecule has 1 aromatic rings. The molecule has 8 nitrogen and oxygen atoms in total. The van der Waals surface area contributed by atoms with Gasteiger partial charge in [0, 0.05) is 44.6 Å². The van der Waals surface area contributed by atoms with Crippen LogP contribution in [0.5, 0.6) is 0 Å². The summed E-state index contributed by atoms with van der Waals surface area (Å²) in [6.45, 7) is 2.27. The van der Waals surface area contributed by atoms with Gasteiger partial charge in [-0.1, -0.05) is 0 Å². The van der Waals surface area contributed by atoms with E-state index in [1.54, 1.807) is 11.1 Å². The number of amides is 2. The molecule has 1 fully saturated rings. The van der Waals surface area contributed by atoms with Crippen molar-refractivity contribution in [2.24, 2.45) is 0 Å². The van der Waals surface area contributed by atoms with E-state index in [0.717, 1.165) is 38.5 Å². The lowest BCUT2D eigenvalue weighted by Gasteiger charge is -2.35. The summed E-state index contributed by atoms with van der Waals surface area (Å²) in [5, 5.41) is 7.02. The van der Waals surface area contributed by atoms with E-state index in [4.69, 9.17) is 0 Å². The molecule has 0 saturated carbocycles. The fourth-order valence-electron chi connectivity index (χ4n) is 2.70. The van der Waals surface area contributed by atoms with E-state index in [9.17, 15) is 13.2 Å². The largest absolute Gasteiger partial charge is 0.338 e. The lowest BCUT2D eigenvalue weighted by atomic mass is 10.0. The molecule has 1 aliphatic rings. The molecule has 1 aromatic heterocycles. The van der Waals surface area contributed by atoms with Crippen LogP contribution in [0.15, 0.2) is 18.5 Å². The third kappa shape index (κ3) is 6.19. The van der Waals surface area contributed by atoms with Crippen LogP contribution in [-0.4, -0.2) is 61.1 Å². The van der Waals surface area contributed by atoms with Gasteiger partial charge in [-0.25, -0.2) is 17.9 Å². The number of sulfonamides is 1. The quantitative estimate of drug-likeness (QED) is 0.700. The number of likely N-dealkylation sites (tertiary alicyclic amines) is 1. The number of aromatic nitrogens is 2. The first-order chi connectivity index (χ1) is 11.0. The average molecular weight is 343 g/mol. The van der Waals surface area contributed by atoms with Gasteiger partial charge in [-0.15, -0.1) is 0 Å². The Morgan fingerprint density at radius 1 is 1.39 bits per heavy atom. The standard InChI is InChI=1S/C14H25N5O3S/c1-23(21,22)17-12-13-6-2-3-11-19(13)14(20)15-7-4-9-18-10-5-8-16-18/h5,8,10,13,17H,2-4,6-7,9,11-12H2,1H3,(H,15,20)/t13-/m0/s1. The molecule has 0 radical (unpaired) electrons. The summed E-state index contributed by atoms with van der Waals surface area (Å²) in [7, 11) is -3.24. The first kappa shape index (κ1) is 17.7. The molecule has 130 valence electrons. The number of rotatable bonds is 7. The van der Waals surface area contributed by atoms with Crippen molar-refractivity contribution in [1.29, 1.82) is 0 Å². The summed E-state index contributed by atoms with van der Waals surface area (Å²) >= 11 is 0. The number of carbonyl (C=O) groups is 1. The highest BCUT2D eigenvalue weighted by Gasteiger charge is 2.26. The molecule has 1 saturated heterocycles. The number of carbonyl (C=O) groups excluding carboxylic acids is 1. The summed E-state index contributed by atoms with van der Waals surface area (Å²) in [4.78, 5) is 14.1. The molecule has 9 heteroatoms. The summed E-state index contributed by atoms with van der Waals surface area (Å²) in [5.41, 5.74) is 0. The number of aryl methyl sites for hydroxylation is 1. The molecule has 2 rings (SSSR count). The minimum Gasteiger partial charge on any atom is -0.338 e. The van der Waals surface area contributed by atoms with Gasteiger partial charge in [0.05, 0.1) is 6.26 Å². The van der Waals surface area contributed by atoms with Crippen LogP contribution in [0.3, 0.4) is 0 Å². The predicted octanol–water partition coefficient (Wildman–Crippen LogP) is 0.387. The van der Waals surface area contributed by atoms with E-state index in [-0.39, 0.29) is 18.6 Å². The zero-order chi connectivity index (χ0) is 16.7. The van der Waals surface area contributed by atoms with Gasteiger partial charge in [-0.05, 0) is 31.7 Å². The summed E-state index contributed by atoms with van der Waals surface area (Å²) in [6.07, 6.45) is 8.34. The van der Waals surface area contributed by atoms with Crippen molar-refractivity contribution < 1.29 is 13.2 Å². The molecule has 2 N–H and O–H groups in total. The Labute approximate surface area is 137 Å². The maximum absolute atomic E-state index is 12.3. The number of nitrogens with one attached hydrogen (secondary N) is 2. The van der Waals surface area contributed by atoms with Gasteiger partial charge in [0.25, 0.3) is 0 Å². The van der Waals surface area contributed by atoms with E-state index < -0.39 is 10.0 Å². The Morgan fingerprint density at radius 2 is 2.22 bits per heavy atom. The monoisotopic (exact) mass is 343 g/mol. The van der Waals surface area contributed by atoms with Crippen molar-refractivity contribution >= 4 is 16.1 Å². The van der Waals surface area contributed by atoms with Gasteiger partial charge in [-0.2, -0.15) is 5.10 Å². The minimum atomic E-state index is -3.24. The third-order valence-electron chi connectivity index (χ3n) is 3.87. The molecule has 0 spiro atoms. The zero-order valence-corrected chi connectivity index (χ0v) is 14.3. The van der Waals surface area contributed by atoms with E-state index in [2.05, 4.69) is 15.1 Å². The SMILES string of the molecule is CS(=O)(=O)NC[C@@H]1CCCCN1C(=O)NCCCn1cccn1. The normalized spacial score (nSPS) is 18.8. The van der Waals surface area contributed by atoms with E-state index >= 15 is 0 Å². The van der Waals surface area contributed by atoms with Crippen LogP contribution in [0.4, 0.5) is 4.79 Å². The third-order valence-corrected chi connectivity index (χ3v) is 4.56. The number of piperidine rings is 1. The molecule has 0 aliphatic carbocycles. The number of urea groups is 1. The molecule has 0 bridgehead atoms. The van der Waals surface area contributed by atoms with Crippen molar-refractivity contribution in [3.63, 3.8) is 0 Å². The molecule has 2 heterocycles. The van der Waals surface area contributed by atoms with Gasteiger partial charge < -0.3 is 10.2 Å². The van der Waals surface area contributed by atoms with Crippen LogP contribution in [0, 0.1) is 0 Å². The zero-order valence-electron chi connectivity index (χ0n) is 13.4. The molecule has 0 aromatic carbocycles. The molecular weight excluding hydrogens is 318 g/mol. The lowest BCUT2D eigenvalue weighted by molar-refractivity contribution is 0.152. The van der Waals surface area contributed by atoms with Gasteiger partial charge in [-0.3, -0.25) is 4.68 Å².